The molecule has 0 bridgehead atoms. The first-order chi connectivity index (χ1) is 12.6. The molecule has 0 saturated heterocycles. The Morgan fingerprint density at radius 2 is 1.92 bits per heavy atom. The standard InChI is InChI=1S/C22H21NO3/c1-14(22(24)25)26-21-10-11-23-13-17(21)12-16-8-9-19(15-6-7-15)20-5-3-2-4-18(16)20/h2-5,8-11,13-15H,6-7,12H2,1H3,(H,24,25). The zero-order valence-corrected chi connectivity index (χ0v) is 14.7. The molecule has 1 aromatic heterocycles. The van der Waals surface area contributed by atoms with Crippen molar-refractivity contribution >= 4 is 16.7 Å². The fourth-order valence-corrected chi connectivity index (χ4v) is 3.40. The number of carboxylic acid groups (broad SMARTS) is 1. The number of benzene rings is 2. The van der Waals surface area contributed by atoms with Gasteiger partial charge in [0.1, 0.15) is 5.75 Å². The number of carbonyl (C=O) groups is 1. The average Bonchev–Trinajstić information content (AvgIpc) is 3.48. The van der Waals surface area contributed by atoms with Gasteiger partial charge in [-0.25, -0.2) is 4.79 Å². The average molecular weight is 347 g/mol. The van der Waals surface area contributed by atoms with Crippen LogP contribution in [0.2, 0.25) is 0 Å². The van der Waals surface area contributed by atoms with Gasteiger partial charge in [-0.3, -0.25) is 4.98 Å². The van der Waals surface area contributed by atoms with Gasteiger partial charge in [0.15, 0.2) is 6.10 Å². The summed E-state index contributed by atoms with van der Waals surface area (Å²) in [5.41, 5.74) is 3.53. The molecule has 0 amide bonds. The summed E-state index contributed by atoms with van der Waals surface area (Å²) in [6.07, 6.45) is 5.69. The maximum absolute atomic E-state index is 11.1. The lowest BCUT2D eigenvalue weighted by Gasteiger charge is -2.15. The van der Waals surface area contributed by atoms with Gasteiger partial charge in [-0.1, -0.05) is 36.4 Å². The highest BCUT2D eigenvalue weighted by molar-refractivity contribution is 5.89. The van der Waals surface area contributed by atoms with Crippen LogP contribution in [0.25, 0.3) is 10.8 Å². The number of hydrogen-bond acceptors (Lipinski definition) is 3. The summed E-state index contributed by atoms with van der Waals surface area (Å²) in [4.78, 5) is 15.3. The van der Waals surface area contributed by atoms with Crippen LogP contribution in [0.3, 0.4) is 0 Å². The number of pyridine rings is 1. The van der Waals surface area contributed by atoms with Gasteiger partial charge in [-0.2, -0.15) is 0 Å². The molecule has 1 N–H and O–H groups in total. The summed E-state index contributed by atoms with van der Waals surface area (Å²) in [7, 11) is 0. The van der Waals surface area contributed by atoms with Gasteiger partial charge in [0.05, 0.1) is 0 Å². The molecule has 26 heavy (non-hydrogen) atoms. The van der Waals surface area contributed by atoms with Crippen LogP contribution in [0, 0.1) is 0 Å². The minimum Gasteiger partial charge on any atom is -0.479 e. The quantitative estimate of drug-likeness (QED) is 0.710. The van der Waals surface area contributed by atoms with Crippen molar-refractivity contribution in [3.8, 4) is 5.75 Å². The lowest BCUT2D eigenvalue weighted by molar-refractivity contribution is -0.144. The minimum absolute atomic E-state index is 0.574. The molecule has 2 aromatic carbocycles. The predicted octanol–water partition coefficient (Wildman–Crippen LogP) is 4.55. The molecule has 1 unspecified atom stereocenters. The van der Waals surface area contributed by atoms with Crippen LogP contribution >= 0.6 is 0 Å². The Kier molecular flexibility index (Phi) is 4.33. The second-order valence-electron chi connectivity index (χ2n) is 6.89. The van der Waals surface area contributed by atoms with E-state index in [1.54, 1.807) is 18.5 Å². The monoisotopic (exact) mass is 347 g/mol. The number of aromatic nitrogens is 1. The third-order valence-corrected chi connectivity index (χ3v) is 4.96. The van der Waals surface area contributed by atoms with Gasteiger partial charge in [0.2, 0.25) is 0 Å². The number of carboxylic acids is 1. The van der Waals surface area contributed by atoms with E-state index in [9.17, 15) is 4.79 Å². The summed E-state index contributed by atoms with van der Waals surface area (Å²) in [6.45, 7) is 1.53. The maximum atomic E-state index is 11.1. The summed E-state index contributed by atoms with van der Waals surface area (Å²) < 4.78 is 5.62. The van der Waals surface area contributed by atoms with Crippen molar-refractivity contribution in [3.05, 3.63) is 71.5 Å². The smallest absolute Gasteiger partial charge is 0.344 e. The summed E-state index contributed by atoms with van der Waals surface area (Å²) in [5.74, 6) is 0.292. The lowest BCUT2D eigenvalue weighted by atomic mass is 9.94. The van der Waals surface area contributed by atoms with Gasteiger partial charge in [-0.05, 0) is 53.6 Å². The van der Waals surface area contributed by atoms with E-state index in [0.717, 1.165) is 5.56 Å². The van der Waals surface area contributed by atoms with E-state index < -0.39 is 12.1 Å². The van der Waals surface area contributed by atoms with Crippen LogP contribution in [-0.2, 0) is 11.2 Å². The highest BCUT2D eigenvalue weighted by atomic mass is 16.5. The van der Waals surface area contributed by atoms with Gasteiger partial charge in [0, 0.05) is 24.4 Å². The molecule has 0 radical (unpaired) electrons. The third-order valence-electron chi connectivity index (χ3n) is 4.96. The van der Waals surface area contributed by atoms with Gasteiger partial charge in [-0.15, -0.1) is 0 Å². The van der Waals surface area contributed by atoms with Crippen molar-refractivity contribution in [1.29, 1.82) is 0 Å². The van der Waals surface area contributed by atoms with Crippen LogP contribution < -0.4 is 4.74 Å². The van der Waals surface area contributed by atoms with Gasteiger partial charge >= 0.3 is 5.97 Å². The molecule has 1 saturated carbocycles. The van der Waals surface area contributed by atoms with Crippen molar-refractivity contribution in [2.24, 2.45) is 0 Å². The maximum Gasteiger partial charge on any atom is 0.344 e. The molecule has 4 rings (SSSR count). The van der Waals surface area contributed by atoms with E-state index >= 15 is 0 Å². The van der Waals surface area contributed by atoms with Crippen molar-refractivity contribution < 1.29 is 14.6 Å². The van der Waals surface area contributed by atoms with E-state index in [4.69, 9.17) is 9.84 Å². The molecule has 0 aliphatic heterocycles. The first kappa shape index (κ1) is 16.6. The summed E-state index contributed by atoms with van der Waals surface area (Å²) in [6, 6.07) is 14.7. The van der Waals surface area contributed by atoms with E-state index in [0.29, 0.717) is 18.1 Å². The third kappa shape index (κ3) is 3.27. The van der Waals surface area contributed by atoms with Gasteiger partial charge in [0.25, 0.3) is 0 Å². The van der Waals surface area contributed by atoms with Crippen molar-refractivity contribution in [2.75, 3.05) is 0 Å². The fraction of sp³-hybridized carbons (Fsp3) is 0.273. The zero-order valence-electron chi connectivity index (χ0n) is 14.7. The van der Waals surface area contributed by atoms with Crippen LogP contribution in [-0.4, -0.2) is 22.2 Å². The van der Waals surface area contributed by atoms with E-state index in [1.165, 1.54) is 41.7 Å². The Hall–Kier alpha value is -2.88. The molecule has 1 aliphatic carbocycles. The number of hydrogen-bond donors (Lipinski definition) is 1. The number of fused-ring (bicyclic) bond motifs is 1. The highest BCUT2D eigenvalue weighted by Gasteiger charge is 2.25. The normalized spacial score (nSPS) is 15.0. The molecule has 1 heterocycles. The number of rotatable bonds is 6. The molecule has 132 valence electrons. The number of aliphatic carboxylic acids is 1. The second kappa shape index (κ2) is 6.79. The van der Waals surface area contributed by atoms with E-state index in [2.05, 4.69) is 41.4 Å². The van der Waals surface area contributed by atoms with Crippen molar-refractivity contribution in [2.45, 2.75) is 38.2 Å². The SMILES string of the molecule is CC(Oc1ccncc1Cc1ccc(C2CC2)c2ccccc12)C(=O)O. The fourth-order valence-electron chi connectivity index (χ4n) is 3.40. The number of ether oxygens (including phenoxy) is 1. The predicted molar refractivity (Wildman–Crippen MR) is 101 cm³/mol. The van der Waals surface area contributed by atoms with E-state index in [-0.39, 0.29) is 0 Å². The summed E-state index contributed by atoms with van der Waals surface area (Å²) >= 11 is 0. The lowest BCUT2D eigenvalue weighted by Crippen LogP contribution is -2.23. The molecule has 1 aliphatic rings. The molecule has 3 aromatic rings. The Morgan fingerprint density at radius 3 is 2.65 bits per heavy atom. The molecule has 1 fully saturated rings. The summed E-state index contributed by atoms with van der Waals surface area (Å²) in [5, 5.41) is 11.7. The topological polar surface area (TPSA) is 59.4 Å². The van der Waals surface area contributed by atoms with Crippen LogP contribution in [0.4, 0.5) is 0 Å². The molecular weight excluding hydrogens is 326 g/mol. The van der Waals surface area contributed by atoms with Crippen LogP contribution in [0.5, 0.6) is 5.75 Å². The minimum atomic E-state index is -0.980. The Labute approximate surface area is 152 Å². The molecular formula is C22H21NO3. The largest absolute Gasteiger partial charge is 0.479 e. The van der Waals surface area contributed by atoms with Crippen molar-refractivity contribution in [3.63, 3.8) is 0 Å². The van der Waals surface area contributed by atoms with Gasteiger partial charge < -0.3 is 9.84 Å². The Balaban J connectivity index is 1.70. The second-order valence-corrected chi connectivity index (χ2v) is 6.89. The van der Waals surface area contributed by atoms with Crippen molar-refractivity contribution in [1.82, 2.24) is 4.98 Å². The Bertz CT molecular complexity index is 963. The molecule has 4 heteroatoms. The highest BCUT2D eigenvalue weighted by Crippen LogP contribution is 2.43. The molecule has 1 atom stereocenters. The van der Waals surface area contributed by atoms with Crippen LogP contribution in [0.15, 0.2) is 54.9 Å². The Morgan fingerprint density at radius 1 is 1.15 bits per heavy atom. The molecule has 0 spiro atoms. The van der Waals surface area contributed by atoms with E-state index in [1.807, 2.05) is 0 Å². The first-order valence-corrected chi connectivity index (χ1v) is 8.96. The van der Waals surface area contributed by atoms with Crippen LogP contribution in [0.1, 0.15) is 42.4 Å². The number of nitrogens with zero attached hydrogens (tertiary/aromatic N) is 1. The zero-order chi connectivity index (χ0) is 18.1. The molecule has 4 nitrogen and oxygen atoms in total. The first-order valence-electron chi connectivity index (χ1n) is 8.96.